The quantitative estimate of drug-likeness (QED) is 0.539. The highest BCUT2D eigenvalue weighted by atomic mass is 14.3. The molecule has 2 aliphatic rings. The molecule has 0 heterocycles. The minimum Gasteiger partial charge on any atom is -0.0704 e. The largest absolute Gasteiger partial charge is 0.0704 e. The Morgan fingerprint density at radius 3 is 2.32 bits per heavy atom. The van der Waals surface area contributed by atoms with Crippen molar-refractivity contribution in [3.05, 3.63) is 46.5 Å². The summed E-state index contributed by atoms with van der Waals surface area (Å²) < 4.78 is 0. The van der Waals surface area contributed by atoms with Gasteiger partial charge in [0.25, 0.3) is 0 Å². The molecule has 0 radical (unpaired) electrons. The molecule has 0 aromatic heterocycles. The summed E-state index contributed by atoms with van der Waals surface area (Å²) in [5, 5.41) is 0. The first-order valence-electron chi connectivity index (χ1n) is 8.18. The first-order valence-corrected chi connectivity index (χ1v) is 8.18. The van der Waals surface area contributed by atoms with E-state index in [1.807, 2.05) is 25.0 Å². The fourth-order valence-electron chi connectivity index (χ4n) is 3.75. The van der Waals surface area contributed by atoms with Crippen LogP contribution < -0.4 is 0 Å². The molecule has 1 saturated carbocycles. The summed E-state index contributed by atoms with van der Waals surface area (Å²) in [7, 11) is 0. The summed E-state index contributed by atoms with van der Waals surface area (Å²) in [6.07, 6.45) is 9.49. The molecule has 1 unspecified atom stereocenters. The maximum absolute atomic E-state index is 2.36. The summed E-state index contributed by atoms with van der Waals surface area (Å²) in [5.41, 5.74) is 6.84. The third kappa shape index (κ3) is 2.94. The van der Waals surface area contributed by atoms with E-state index >= 15 is 0 Å². The zero-order chi connectivity index (χ0) is 13.7. The van der Waals surface area contributed by atoms with Crippen LogP contribution in [0.3, 0.4) is 0 Å². The van der Waals surface area contributed by atoms with Crippen LogP contribution in [-0.2, 0) is 6.42 Å². The van der Waals surface area contributed by atoms with Gasteiger partial charge in [0.2, 0.25) is 0 Å². The summed E-state index contributed by atoms with van der Waals surface area (Å²) in [6.45, 7) is 6.35. The Kier molecular flexibility index (Phi) is 5.24. The van der Waals surface area contributed by atoms with E-state index in [0.29, 0.717) is 0 Å². The Morgan fingerprint density at radius 1 is 0.947 bits per heavy atom. The Hall–Kier alpha value is -1.04. The van der Waals surface area contributed by atoms with E-state index < -0.39 is 0 Å². The molecule has 0 nitrogen and oxygen atoms in total. The Bertz CT molecular complexity index is 431. The topological polar surface area (TPSA) is 0 Å². The van der Waals surface area contributed by atoms with Gasteiger partial charge in [0.05, 0.1) is 0 Å². The van der Waals surface area contributed by atoms with Crippen molar-refractivity contribution in [1.82, 2.24) is 0 Å². The predicted molar refractivity (Wildman–Crippen MR) is 84.6 cm³/mol. The van der Waals surface area contributed by atoms with Gasteiger partial charge in [-0.15, -0.1) is 0 Å². The second-order valence-electron chi connectivity index (χ2n) is 5.50. The Morgan fingerprint density at radius 2 is 1.63 bits per heavy atom. The van der Waals surface area contributed by atoms with Crippen LogP contribution in [0.15, 0.2) is 35.4 Å². The monoisotopic (exact) mass is 256 g/mol. The van der Waals surface area contributed by atoms with Crippen molar-refractivity contribution in [2.45, 2.75) is 71.6 Å². The van der Waals surface area contributed by atoms with E-state index in [1.165, 1.54) is 44.9 Å². The van der Waals surface area contributed by atoms with Gasteiger partial charge in [-0.3, -0.25) is 0 Å². The average Bonchev–Trinajstić information content (AvgIpc) is 3.02. The van der Waals surface area contributed by atoms with Gasteiger partial charge in [-0.2, -0.15) is 0 Å². The van der Waals surface area contributed by atoms with Crippen LogP contribution in [0.2, 0.25) is 0 Å². The summed E-state index contributed by atoms with van der Waals surface area (Å²) in [4.78, 5) is 0. The molecular weight excluding hydrogens is 228 g/mol. The second kappa shape index (κ2) is 6.93. The fraction of sp³-hybridized carbons (Fsp3) is 0.579. The lowest BCUT2D eigenvalue weighted by molar-refractivity contribution is 0.653. The molecule has 2 aliphatic carbocycles. The molecule has 3 rings (SSSR count). The van der Waals surface area contributed by atoms with E-state index in [1.54, 1.807) is 11.1 Å². The molecule has 0 saturated heterocycles. The van der Waals surface area contributed by atoms with Crippen LogP contribution in [0.25, 0.3) is 0 Å². The fourth-order valence-corrected chi connectivity index (χ4v) is 3.75. The lowest BCUT2D eigenvalue weighted by atomic mass is 9.75. The highest BCUT2D eigenvalue weighted by molar-refractivity contribution is 5.42. The number of hydrogen-bond donors (Lipinski definition) is 0. The first-order chi connectivity index (χ1) is 9.40. The van der Waals surface area contributed by atoms with Crippen LogP contribution in [0, 0.1) is 0 Å². The minimum absolute atomic E-state index is 0.730. The van der Waals surface area contributed by atoms with E-state index in [9.17, 15) is 0 Å². The normalized spacial score (nSPS) is 21.7. The minimum atomic E-state index is 0.730. The SMILES string of the molecule is CC.CCC1C(=C2CCCC2)CCc2ccccc21. The Labute approximate surface area is 118 Å². The molecule has 104 valence electrons. The molecule has 0 bridgehead atoms. The lowest BCUT2D eigenvalue weighted by Crippen LogP contribution is -2.13. The second-order valence-corrected chi connectivity index (χ2v) is 5.50. The maximum atomic E-state index is 2.36. The van der Waals surface area contributed by atoms with Gasteiger partial charge < -0.3 is 0 Å². The third-order valence-electron chi connectivity index (χ3n) is 4.58. The zero-order valence-corrected chi connectivity index (χ0v) is 12.8. The molecule has 0 amide bonds. The molecule has 0 N–H and O–H groups in total. The van der Waals surface area contributed by atoms with E-state index in [4.69, 9.17) is 0 Å². The van der Waals surface area contributed by atoms with Crippen molar-refractivity contribution in [3.63, 3.8) is 0 Å². The molecule has 1 aromatic carbocycles. The first kappa shape index (κ1) is 14.4. The molecule has 19 heavy (non-hydrogen) atoms. The molecular formula is C19H28. The van der Waals surface area contributed by atoms with Gasteiger partial charge in [-0.05, 0) is 56.1 Å². The number of fused-ring (bicyclic) bond motifs is 1. The van der Waals surface area contributed by atoms with Gasteiger partial charge in [0.15, 0.2) is 0 Å². The number of hydrogen-bond acceptors (Lipinski definition) is 0. The van der Waals surface area contributed by atoms with Crippen molar-refractivity contribution in [2.24, 2.45) is 0 Å². The van der Waals surface area contributed by atoms with Crippen LogP contribution in [0.4, 0.5) is 0 Å². The van der Waals surface area contributed by atoms with E-state index in [2.05, 4.69) is 31.2 Å². The van der Waals surface area contributed by atoms with Crippen LogP contribution >= 0.6 is 0 Å². The van der Waals surface area contributed by atoms with Gasteiger partial charge in [0, 0.05) is 5.92 Å². The van der Waals surface area contributed by atoms with Crippen molar-refractivity contribution in [2.75, 3.05) is 0 Å². The molecule has 0 spiro atoms. The van der Waals surface area contributed by atoms with Crippen molar-refractivity contribution < 1.29 is 0 Å². The third-order valence-corrected chi connectivity index (χ3v) is 4.58. The highest BCUT2D eigenvalue weighted by Gasteiger charge is 2.26. The van der Waals surface area contributed by atoms with E-state index in [-0.39, 0.29) is 0 Å². The van der Waals surface area contributed by atoms with Crippen LogP contribution in [-0.4, -0.2) is 0 Å². The van der Waals surface area contributed by atoms with Gasteiger partial charge in [-0.25, -0.2) is 0 Å². The Balaban J connectivity index is 0.000000637. The number of allylic oxidation sites excluding steroid dienone is 2. The summed E-state index contributed by atoms with van der Waals surface area (Å²) in [6, 6.07) is 9.09. The number of rotatable bonds is 1. The standard InChI is InChI=1S/C17H22.C2H6/c1-2-15-16-10-6-5-9-14(16)11-12-17(15)13-7-3-4-8-13;1-2/h5-6,9-10,15H,2-4,7-8,11-12H2,1H3;1-2H3. The molecule has 1 fully saturated rings. The molecule has 1 aromatic rings. The maximum Gasteiger partial charge on any atom is 0.00510 e. The van der Waals surface area contributed by atoms with Crippen molar-refractivity contribution in [3.8, 4) is 0 Å². The van der Waals surface area contributed by atoms with Gasteiger partial charge >= 0.3 is 0 Å². The summed E-state index contributed by atoms with van der Waals surface area (Å²) >= 11 is 0. The van der Waals surface area contributed by atoms with Crippen molar-refractivity contribution >= 4 is 0 Å². The summed E-state index contributed by atoms with van der Waals surface area (Å²) in [5.74, 6) is 0.730. The molecule has 0 aliphatic heterocycles. The van der Waals surface area contributed by atoms with Crippen LogP contribution in [0.1, 0.15) is 76.3 Å². The van der Waals surface area contributed by atoms with Gasteiger partial charge in [-0.1, -0.05) is 56.2 Å². The molecule has 1 atom stereocenters. The molecule has 0 heteroatoms. The van der Waals surface area contributed by atoms with Gasteiger partial charge in [0.1, 0.15) is 0 Å². The highest BCUT2D eigenvalue weighted by Crippen LogP contribution is 2.42. The van der Waals surface area contributed by atoms with E-state index in [0.717, 1.165) is 5.92 Å². The number of aryl methyl sites for hydroxylation is 1. The average molecular weight is 256 g/mol. The zero-order valence-electron chi connectivity index (χ0n) is 12.8. The smallest absolute Gasteiger partial charge is 0.00510 e. The lowest BCUT2D eigenvalue weighted by Gasteiger charge is -2.29. The number of benzene rings is 1. The van der Waals surface area contributed by atoms with Crippen molar-refractivity contribution in [1.29, 1.82) is 0 Å². The predicted octanol–water partition coefficient (Wildman–Crippen LogP) is 6.02. The van der Waals surface area contributed by atoms with Crippen LogP contribution in [0.5, 0.6) is 0 Å².